The number of aromatic amines is 1. The van der Waals surface area contributed by atoms with Gasteiger partial charge in [-0.05, 0) is 0 Å². The van der Waals surface area contributed by atoms with Gasteiger partial charge in [0.05, 0.1) is 11.0 Å². The number of nitrogens with one attached hydrogen (secondary N) is 1. The number of aromatic nitrogens is 3. The summed E-state index contributed by atoms with van der Waals surface area (Å²) in [5.74, 6) is 0.251. The van der Waals surface area contributed by atoms with Gasteiger partial charge in [0, 0.05) is 0 Å². The van der Waals surface area contributed by atoms with E-state index in [0.29, 0.717) is 6.26 Å². The van der Waals surface area contributed by atoms with Gasteiger partial charge >= 0.3 is 5.69 Å². The van der Waals surface area contributed by atoms with Gasteiger partial charge in [0.1, 0.15) is 5.52 Å². The van der Waals surface area contributed by atoms with Crippen LogP contribution < -0.4 is 4.74 Å². The van der Waals surface area contributed by atoms with Gasteiger partial charge in [0.2, 0.25) is 11.5 Å². The van der Waals surface area contributed by atoms with Crippen molar-refractivity contribution >= 4 is 22.7 Å². The molecule has 0 saturated heterocycles. The number of H-pyrrole nitrogens is 1. The lowest BCUT2D eigenvalue weighted by Crippen LogP contribution is -1.93. The highest BCUT2D eigenvalue weighted by Crippen LogP contribution is 2.40. The number of ether oxygens (including phenoxy) is 1. The fraction of sp³-hybridized carbons (Fsp3) is 0. The highest BCUT2D eigenvalue weighted by molar-refractivity contribution is 5.87. The third-order valence-electron chi connectivity index (χ3n) is 1.94. The summed E-state index contributed by atoms with van der Waals surface area (Å²) in [5.41, 5.74) is -0.399. The number of nitrogens with zero attached hydrogens (tertiary/aromatic N) is 3. The van der Waals surface area contributed by atoms with Crippen LogP contribution in [-0.4, -0.2) is 31.4 Å². The van der Waals surface area contributed by atoms with E-state index in [9.17, 15) is 20.0 Å². The molecule has 0 amide bonds. The van der Waals surface area contributed by atoms with E-state index in [-0.39, 0.29) is 16.8 Å². The second-order valence-corrected chi connectivity index (χ2v) is 2.88. The SMILES string of the molecule is O=C=COc1c(O)c([N+](=O)[O-])cc2n[nH]nc12. The fourth-order valence-corrected chi connectivity index (χ4v) is 1.27. The van der Waals surface area contributed by atoms with Crippen molar-refractivity contribution in [3.05, 3.63) is 22.4 Å². The third kappa shape index (κ3) is 1.66. The number of hydrogen-bond acceptors (Lipinski definition) is 7. The summed E-state index contributed by atoms with van der Waals surface area (Å²) in [6.07, 6.45) is 0.604. The summed E-state index contributed by atoms with van der Waals surface area (Å²) in [5, 5.41) is 29.8. The molecule has 0 aliphatic rings. The highest BCUT2D eigenvalue weighted by atomic mass is 16.6. The van der Waals surface area contributed by atoms with Crippen molar-refractivity contribution < 1.29 is 19.6 Å². The Bertz CT molecular complexity index is 643. The van der Waals surface area contributed by atoms with E-state index in [1.807, 2.05) is 0 Å². The molecule has 1 heterocycles. The van der Waals surface area contributed by atoms with Gasteiger partial charge in [-0.3, -0.25) is 10.1 Å². The Balaban J connectivity index is 2.75. The lowest BCUT2D eigenvalue weighted by Gasteiger charge is -2.02. The molecule has 0 radical (unpaired) electrons. The second kappa shape index (κ2) is 3.91. The average Bonchev–Trinajstić information content (AvgIpc) is 2.74. The zero-order chi connectivity index (χ0) is 12.4. The molecule has 86 valence electrons. The van der Waals surface area contributed by atoms with E-state index in [0.717, 1.165) is 6.07 Å². The zero-order valence-corrected chi connectivity index (χ0v) is 8.08. The van der Waals surface area contributed by atoms with Crippen LogP contribution in [0.15, 0.2) is 12.3 Å². The maximum Gasteiger partial charge on any atom is 0.317 e. The Morgan fingerprint density at radius 1 is 1.59 bits per heavy atom. The van der Waals surface area contributed by atoms with Gasteiger partial charge in [0.25, 0.3) is 0 Å². The molecule has 0 aliphatic heterocycles. The molecule has 0 spiro atoms. The van der Waals surface area contributed by atoms with Crippen molar-refractivity contribution in [1.29, 1.82) is 0 Å². The van der Waals surface area contributed by atoms with Crippen LogP contribution in [-0.2, 0) is 4.79 Å². The molecule has 1 aromatic heterocycles. The molecule has 9 heteroatoms. The second-order valence-electron chi connectivity index (χ2n) is 2.88. The van der Waals surface area contributed by atoms with Crippen molar-refractivity contribution in [2.75, 3.05) is 0 Å². The first-order valence-corrected chi connectivity index (χ1v) is 4.22. The number of benzene rings is 1. The summed E-state index contributed by atoms with van der Waals surface area (Å²) < 4.78 is 4.72. The first kappa shape index (κ1) is 10.6. The smallest absolute Gasteiger partial charge is 0.317 e. The number of fused-ring (bicyclic) bond motifs is 1. The van der Waals surface area contributed by atoms with Crippen molar-refractivity contribution in [3.63, 3.8) is 0 Å². The minimum atomic E-state index is -0.805. The van der Waals surface area contributed by atoms with Gasteiger partial charge in [-0.1, -0.05) is 0 Å². The lowest BCUT2D eigenvalue weighted by molar-refractivity contribution is -0.385. The zero-order valence-electron chi connectivity index (χ0n) is 8.08. The molecule has 17 heavy (non-hydrogen) atoms. The van der Waals surface area contributed by atoms with Gasteiger partial charge in [-0.25, -0.2) is 4.79 Å². The van der Waals surface area contributed by atoms with Gasteiger partial charge in [0.15, 0.2) is 17.7 Å². The number of nitro groups is 1. The first-order chi connectivity index (χ1) is 8.15. The van der Waals surface area contributed by atoms with E-state index in [1.165, 1.54) is 5.94 Å². The van der Waals surface area contributed by atoms with E-state index < -0.39 is 16.4 Å². The molecular formula is C8H4N4O5. The largest absolute Gasteiger partial charge is 0.499 e. The summed E-state index contributed by atoms with van der Waals surface area (Å²) in [6, 6.07) is 1.03. The van der Waals surface area contributed by atoms with Crippen LogP contribution in [0.5, 0.6) is 11.5 Å². The third-order valence-corrected chi connectivity index (χ3v) is 1.94. The van der Waals surface area contributed by atoms with Gasteiger partial charge in [-0.2, -0.15) is 15.4 Å². The van der Waals surface area contributed by atoms with Crippen molar-refractivity contribution in [2.45, 2.75) is 0 Å². The molecular weight excluding hydrogens is 232 g/mol. The lowest BCUT2D eigenvalue weighted by atomic mass is 10.2. The van der Waals surface area contributed by atoms with Crippen LogP contribution in [0.4, 0.5) is 5.69 Å². The Hall–Kier alpha value is -2.93. The summed E-state index contributed by atoms with van der Waals surface area (Å²) >= 11 is 0. The quantitative estimate of drug-likeness (QED) is 0.339. The van der Waals surface area contributed by atoms with Crippen LogP contribution in [0.1, 0.15) is 0 Å². The van der Waals surface area contributed by atoms with E-state index in [2.05, 4.69) is 15.4 Å². The number of phenols is 1. The fourth-order valence-electron chi connectivity index (χ4n) is 1.27. The molecule has 2 aromatic rings. The summed E-state index contributed by atoms with van der Waals surface area (Å²) in [7, 11) is 0. The Labute approximate surface area is 92.5 Å². The van der Waals surface area contributed by atoms with Crippen LogP contribution in [0, 0.1) is 10.1 Å². The molecule has 0 saturated carbocycles. The standard InChI is InChI=1S/C8H4N4O5/c13-1-2-17-8-6-4(9-11-10-6)3-5(7(8)14)12(15)16/h2-3,14H,(H,9,10,11). The number of nitro benzene ring substituents is 1. The predicted octanol–water partition coefficient (Wildman–Crippen LogP) is 0.296. The topological polar surface area (TPSA) is 131 Å². The Kier molecular flexibility index (Phi) is 2.43. The predicted molar refractivity (Wildman–Crippen MR) is 53.1 cm³/mol. The Morgan fingerprint density at radius 2 is 2.35 bits per heavy atom. The van der Waals surface area contributed by atoms with Crippen molar-refractivity contribution in [1.82, 2.24) is 15.4 Å². The molecule has 0 bridgehead atoms. The van der Waals surface area contributed by atoms with E-state index in [4.69, 9.17) is 4.74 Å². The molecule has 2 rings (SSSR count). The minimum absolute atomic E-state index is 0.0691. The Morgan fingerprint density at radius 3 is 3.00 bits per heavy atom. The van der Waals surface area contributed by atoms with Crippen molar-refractivity contribution in [3.8, 4) is 11.5 Å². The van der Waals surface area contributed by atoms with Gasteiger partial charge < -0.3 is 9.84 Å². The molecule has 0 fully saturated rings. The number of hydrogen-bond donors (Lipinski definition) is 2. The number of rotatable bonds is 3. The maximum absolute atomic E-state index is 10.7. The molecule has 0 unspecified atom stereocenters. The van der Waals surface area contributed by atoms with Crippen LogP contribution in [0.25, 0.3) is 11.0 Å². The molecule has 9 nitrogen and oxygen atoms in total. The van der Waals surface area contributed by atoms with Crippen molar-refractivity contribution in [2.24, 2.45) is 0 Å². The monoisotopic (exact) mass is 236 g/mol. The van der Waals surface area contributed by atoms with Crippen LogP contribution >= 0.6 is 0 Å². The molecule has 0 atom stereocenters. The number of phenolic OH excluding ortho intramolecular Hbond substituents is 1. The van der Waals surface area contributed by atoms with Crippen LogP contribution in [0.2, 0.25) is 0 Å². The molecule has 0 aliphatic carbocycles. The summed E-state index contributed by atoms with van der Waals surface area (Å²) in [6.45, 7) is 0. The first-order valence-electron chi connectivity index (χ1n) is 4.22. The highest BCUT2D eigenvalue weighted by Gasteiger charge is 2.24. The van der Waals surface area contributed by atoms with E-state index in [1.54, 1.807) is 0 Å². The average molecular weight is 236 g/mol. The van der Waals surface area contributed by atoms with E-state index >= 15 is 0 Å². The van der Waals surface area contributed by atoms with Gasteiger partial charge in [-0.15, -0.1) is 0 Å². The molecule has 1 aromatic carbocycles. The van der Waals surface area contributed by atoms with Crippen LogP contribution in [0.3, 0.4) is 0 Å². The molecule has 2 N–H and O–H groups in total. The number of aromatic hydroxyl groups is 1. The normalized spacial score (nSPS) is 9.88. The maximum atomic E-state index is 10.7. The minimum Gasteiger partial charge on any atom is -0.499 e. The number of carbonyl (C=O) groups excluding carboxylic acids is 1. The summed E-state index contributed by atoms with van der Waals surface area (Å²) in [4.78, 5) is 19.9.